The van der Waals surface area contributed by atoms with Gasteiger partial charge in [0.25, 0.3) is 0 Å². The van der Waals surface area contributed by atoms with Crippen LogP contribution >= 0.6 is 11.6 Å². The summed E-state index contributed by atoms with van der Waals surface area (Å²) in [6.07, 6.45) is 1.31. The van der Waals surface area contributed by atoms with Crippen LogP contribution in [0, 0.1) is 6.92 Å². The molecular formula is C12H16ClNO. The molecule has 2 nitrogen and oxygen atoms in total. The average Bonchev–Trinajstić information content (AvgIpc) is 2.25. The minimum atomic E-state index is 0.0659. The van der Waals surface area contributed by atoms with Crippen LogP contribution in [0.1, 0.15) is 17.5 Å². The third-order valence-corrected chi connectivity index (χ3v) is 2.37. The predicted molar refractivity (Wildman–Crippen MR) is 63.2 cm³/mol. The highest BCUT2D eigenvalue weighted by Crippen LogP contribution is 2.05. The molecule has 0 radical (unpaired) electrons. The maximum Gasteiger partial charge on any atom is 0.220 e. The van der Waals surface area contributed by atoms with E-state index in [2.05, 4.69) is 36.5 Å². The molecule has 3 heteroatoms. The molecule has 1 N–H and O–H groups in total. The van der Waals surface area contributed by atoms with Crippen molar-refractivity contribution in [2.24, 2.45) is 0 Å². The molecule has 0 bridgehead atoms. The molecule has 0 aliphatic carbocycles. The number of carbonyl (C=O) groups excluding carboxylic acids is 1. The fraction of sp³-hybridized carbons (Fsp3) is 0.417. The molecule has 0 aliphatic heterocycles. The highest BCUT2D eigenvalue weighted by molar-refractivity contribution is 6.18. The Morgan fingerprint density at radius 1 is 1.33 bits per heavy atom. The number of aryl methyl sites for hydroxylation is 2. The van der Waals surface area contributed by atoms with E-state index in [4.69, 9.17) is 11.6 Å². The second-order valence-corrected chi connectivity index (χ2v) is 3.90. The topological polar surface area (TPSA) is 29.1 Å². The van der Waals surface area contributed by atoms with Crippen LogP contribution in [0.15, 0.2) is 24.3 Å². The van der Waals surface area contributed by atoms with E-state index in [1.165, 1.54) is 11.1 Å². The molecule has 0 aliphatic rings. The van der Waals surface area contributed by atoms with Crippen LogP contribution in [-0.4, -0.2) is 18.3 Å². The normalized spacial score (nSPS) is 10.0. The number of hydrogen-bond donors (Lipinski definition) is 1. The number of amides is 1. The molecule has 1 aromatic carbocycles. The van der Waals surface area contributed by atoms with Gasteiger partial charge in [0, 0.05) is 18.8 Å². The van der Waals surface area contributed by atoms with Gasteiger partial charge in [-0.15, -0.1) is 11.6 Å². The van der Waals surface area contributed by atoms with Crippen molar-refractivity contribution in [3.8, 4) is 0 Å². The molecule has 15 heavy (non-hydrogen) atoms. The molecule has 0 saturated heterocycles. The monoisotopic (exact) mass is 225 g/mol. The van der Waals surface area contributed by atoms with Crippen LogP contribution in [0.3, 0.4) is 0 Å². The highest BCUT2D eigenvalue weighted by Gasteiger charge is 2.00. The first-order chi connectivity index (χ1) is 7.22. The van der Waals surface area contributed by atoms with Crippen LogP contribution in [0.4, 0.5) is 0 Å². The van der Waals surface area contributed by atoms with Gasteiger partial charge in [0.05, 0.1) is 0 Å². The molecule has 0 atom stereocenters. The van der Waals surface area contributed by atoms with Crippen molar-refractivity contribution in [2.45, 2.75) is 19.8 Å². The quantitative estimate of drug-likeness (QED) is 0.766. The second-order valence-electron chi connectivity index (χ2n) is 3.52. The molecule has 0 unspecified atom stereocenters. The van der Waals surface area contributed by atoms with E-state index in [9.17, 15) is 4.79 Å². The molecule has 0 aromatic heterocycles. The smallest absolute Gasteiger partial charge is 0.220 e. The third kappa shape index (κ3) is 4.84. The van der Waals surface area contributed by atoms with Gasteiger partial charge in [-0.1, -0.05) is 29.8 Å². The lowest BCUT2D eigenvalue weighted by atomic mass is 10.1. The number of hydrogen-bond acceptors (Lipinski definition) is 1. The number of carbonyl (C=O) groups is 1. The molecule has 82 valence electrons. The van der Waals surface area contributed by atoms with E-state index >= 15 is 0 Å². The summed E-state index contributed by atoms with van der Waals surface area (Å²) in [6, 6.07) is 8.24. The summed E-state index contributed by atoms with van der Waals surface area (Å²) in [5, 5.41) is 2.74. The van der Waals surface area contributed by atoms with E-state index in [1.54, 1.807) is 0 Å². The number of rotatable bonds is 5. The predicted octanol–water partition coefficient (Wildman–Crippen LogP) is 2.28. The van der Waals surface area contributed by atoms with Crippen molar-refractivity contribution in [1.29, 1.82) is 0 Å². The minimum Gasteiger partial charge on any atom is -0.355 e. The fourth-order valence-corrected chi connectivity index (χ4v) is 1.38. The first-order valence-corrected chi connectivity index (χ1v) is 5.64. The van der Waals surface area contributed by atoms with Gasteiger partial charge in [-0.2, -0.15) is 0 Å². The summed E-state index contributed by atoms with van der Waals surface area (Å²) in [6.45, 7) is 2.60. The van der Waals surface area contributed by atoms with Crippen molar-refractivity contribution < 1.29 is 4.79 Å². The van der Waals surface area contributed by atoms with Crippen LogP contribution in [0.2, 0.25) is 0 Å². The lowest BCUT2D eigenvalue weighted by Gasteiger charge is -2.03. The van der Waals surface area contributed by atoms with Gasteiger partial charge in [-0.3, -0.25) is 4.79 Å². The molecule has 1 aromatic rings. The Balaban J connectivity index is 2.30. The largest absolute Gasteiger partial charge is 0.355 e. The number of alkyl halides is 1. The summed E-state index contributed by atoms with van der Waals surface area (Å²) in [4.78, 5) is 11.3. The van der Waals surface area contributed by atoms with Crippen LogP contribution in [-0.2, 0) is 11.2 Å². The zero-order valence-corrected chi connectivity index (χ0v) is 9.68. The van der Waals surface area contributed by atoms with Crippen LogP contribution in [0.25, 0.3) is 0 Å². The van der Waals surface area contributed by atoms with Crippen molar-refractivity contribution in [3.63, 3.8) is 0 Å². The first kappa shape index (κ1) is 12.1. The molecule has 0 spiro atoms. The SMILES string of the molecule is Cc1ccc(CCC(=O)NCCCl)cc1. The zero-order valence-electron chi connectivity index (χ0n) is 8.92. The summed E-state index contributed by atoms with van der Waals surface area (Å²) in [5.74, 6) is 0.534. The summed E-state index contributed by atoms with van der Waals surface area (Å²) >= 11 is 5.47. The summed E-state index contributed by atoms with van der Waals surface area (Å²) < 4.78 is 0. The van der Waals surface area contributed by atoms with Crippen molar-refractivity contribution in [3.05, 3.63) is 35.4 Å². The van der Waals surface area contributed by atoms with E-state index in [-0.39, 0.29) is 5.91 Å². The minimum absolute atomic E-state index is 0.0659. The Bertz CT molecular complexity index is 308. The molecule has 0 saturated carbocycles. The second kappa shape index (κ2) is 6.46. The van der Waals surface area contributed by atoms with Crippen LogP contribution in [0.5, 0.6) is 0 Å². The molecule has 1 amide bonds. The highest BCUT2D eigenvalue weighted by atomic mass is 35.5. The van der Waals surface area contributed by atoms with Gasteiger partial charge in [0.1, 0.15) is 0 Å². The molecular weight excluding hydrogens is 210 g/mol. The molecule has 0 heterocycles. The summed E-state index contributed by atoms with van der Waals surface area (Å²) in [5.41, 5.74) is 2.44. The van der Waals surface area contributed by atoms with Gasteiger partial charge in [0.15, 0.2) is 0 Å². The Kier molecular flexibility index (Phi) is 5.19. The molecule has 0 fully saturated rings. The number of benzene rings is 1. The standard InChI is InChI=1S/C12H16ClNO/c1-10-2-4-11(5-3-10)6-7-12(15)14-9-8-13/h2-5H,6-9H2,1H3,(H,14,15). The lowest BCUT2D eigenvalue weighted by molar-refractivity contribution is -0.120. The average molecular weight is 226 g/mol. The van der Waals surface area contributed by atoms with Gasteiger partial charge in [0.2, 0.25) is 5.91 Å². The zero-order chi connectivity index (χ0) is 11.1. The Morgan fingerprint density at radius 3 is 2.60 bits per heavy atom. The van der Waals surface area contributed by atoms with E-state index in [0.717, 1.165) is 6.42 Å². The maximum atomic E-state index is 11.3. The molecule has 1 rings (SSSR count). The number of nitrogens with one attached hydrogen (secondary N) is 1. The lowest BCUT2D eigenvalue weighted by Crippen LogP contribution is -2.25. The fourth-order valence-electron chi connectivity index (χ4n) is 1.29. The van der Waals surface area contributed by atoms with Gasteiger partial charge in [-0.25, -0.2) is 0 Å². The Hall–Kier alpha value is -1.02. The van der Waals surface area contributed by atoms with Crippen molar-refractivity contribution in [1.82, 2.24) is 5.32 Å². The van der Waals surface area contributed by atoms with Crippen LogP contribution < -0.4 is 5.32 Å². The Labute approximate surface area is 95.6 Å². The van der Waals surface area contributed by atoms with Gasteiger partial charge < -0.3 is 5.32 Å². The maximum absolute atomic E-state index is 11.3. The van der Waals surface area contributed by atoms with Crippen molar-refractivity contribution in [2.75, 3.05) is 12.4 Å². The first-order valence-electron chi connectivity index (χ1n) is 5.10. The Morgan fingerprint density at radius 2 is 2.00 bits per heavy atom. The van der Waals surface area contributed by atoms with Gasteiger partial charge >= 0.3 is 0 Å². The van der Waals surface area contributed by atoms with E-state index in [0.29, 0.717) is 18.8 Å². The van der Waals surface area contributed by atoms with E-state index < -0.39 is 0 Å². The van der Waals surface area contributed by atoms with Gasteiger partial charge in [-0.05, 0) is 18.9 Å². The number of halogens is 1. The van der Waals surface area contributed by atoms with E-state index in [1.807, 2.05) is 0 Å². The third-order valence-electron chi connectivity index (χ3n) is 2.18. The van der Waals surface area contributed by atoms with Crippen molar-refractivity contribution >= 4 is 17.5 Å². The summed E-state index contributed by atoms with van der Waals surface area (Å²) in [7, 11) is 0.